The van der Waals surface area contributed by atoms with Crippen LogP contribution in [0.25, 0.3) is 16.8 Å². The Labute approximate surface area is 175 Å². The lowest BCUT2D eigenvalue weighted by Gasteiger charge is -2.24. The molecule has 3 heterocycles. The van der Waals surface area contributed by atoms with E-state index in [9.17, 15) is 0 Å². The Balaban J connectivity index is 1.54. The van der Waals surface area contributed by atoms with Crippen molar-refractivity contribution in [3.63, 3.8) is 0 Å². The second-order valence-electron chi connectivity index (χ2n) is 8.26. The molecule has 2 aromatic heterocycles. The molecular formula is C24H23N5O. The van der Waals surface area contributed by atoms with E-state index >= 15 is 0 Å². The van der Waals surface area contributed by atoms with Gasteiger partial charge < -0.3 is 0 Å². The highest BCUT2D eigenvalue weighted by atomic mass is 16.6. The molecule has 1 aliphatic carbocycles. The lowest BCUT2D eigenvalue weighted by molar-refractivity contribution is 0.302. The third kappa shape index (κ3) is 3.18. The average Bonchev–Trinajstić information content (AvgIpc) is 3.41. The summed E-state index contributed by atoms with van der Waals surface area (Å²) >= 11 is 0. The first-order valence-corrected chi connectivity index (χ1v) is 10.3. The smallest absolute Gasteiger partial charge is 0.135 e. The van der Waals surface area contributed by atoms with Crippen LogP contribution in [-0.2, 0) is 6.42 Å². The van der Waals surface area contributed by atoms with Crippen molar-refractivity contribution < 1.29 is 4.63 Å². The van der Waals surface area contributed by atoms with Gasteiger partial charge in [-0.15, -0.1) is 0 Å². The van der Waals surface area contributed by atoms with Crippen LogP contribution in [0.4, 0.5) is 0 Å². The Bertz CT molecular complexity index is 1160. The molecule has 150 valence electrons. The normalized spacial score (nSPS) is 20.6. The summed E-state index contributed by atoms with van der Waals surface area (Å²) in [5.74, 6) is 0.547. The minimum absolute atomic E-state index is 0.0669. The van der Waals surface area contributed by atoms with Crippen molar-refractivity contribution in [1.29, 1.82) is 0 Å². The molecule has 0 N–H and O–H groups in total. The van der Waals surface area contributed by atoms with Crippen LogP contribution in [0.5, 0.6) is 0 Å². The van der Waals surface area contributed by atoms with Crippen molar-refractivity contribution in [2.24, 2.45) is 28.0 Å². The van der Waals surface area contributed by atoms with E-state index in [4.69, 9.17) is 9.61 Å². The number of allylic oxidation sites excluding steroid dienone is 2. The summed E-state index contributed by atoms with van der Waals surface area (Å²) in [5.41, 5.74) is 7.76. The van der Waals surface area contributed by atoms with E-state index in [1.807, 2.05) is 30.5 Å². The SMILES string of the molecule is CC1C=C(C2C(c3ccc(-c4ccccc4)nc3)=NN=C2C(C)C)c2nonc2C1. The zero-order valence-corrected chi connectivity index (χ0v) is 17.3. The second-order valence-corrected chi connectivity index (χ2v) is 8.26. The fourth-order valence-electron chi connectivity index (χ4n) is 4.21. The molecule has 0 amide bonds. The number of benzene rings is 1. The molecule has 0 fully saturated rings. The third-order valence-electron chi connectivity index (χ3n) is 5.68. The van der Waals surface area contributed by atoms with Crippen LogP contribution in [0.2, 0.25) is 0 Å². The van der Waals surface area contributed by atoms with Gasteiger partial charge in [0.25, 0.3) is 0 Å². The molecule has 6 nitrogen and oxygen atoms in total. The zero-order chi connectivity index (χ0) is 20.7. The molecule has 6 heteroatoms. The quantitative estimate of drug-likeness (QED) is 0.631. The Morgan fingerprint density at radius 2 is 1.80 bits per heavy atom. The zero-order valence-electron chi connectivity index (χ0n) is 17.3. The summed E-state index contributed by atoms with van der Waals surface area (Å²) in [4.78, 5) is 4.69. The first-order chi connectivity index (χ1) is 14.6. The molecule has 30 heavy (non-hydrogen) atoms. The topological polar surface area (TPSA) is 76.5 Å². The lowest BCUT2D eigenvalue weighted by atomic mass is 9.77. The number of rotatable bonds is 4. The maximum atomic E-state index is 5.07. The molecule has 5 rings (SSSR count). The number of aromatic nitrogens is 3. The second kappa shape index (κ2) is 7.44. The molecule has 2 aliphatic rings. The molecule has 2 unspecified atom stereocenters. The molecule has 3 aromatic rings. The van der Waals surface area contributed by atoms with Crippen molar-refractivity contribution in [3.05, 3.63) is 71.7 Å². The van der Waals surface area contributed by atoms with Gasteiger partial charge in [-0.3, -0.25) is 4.98 Å². The van der Waals surface area contributed by atoms with Crippen LogP contribution in [0.3, 0.4) is 0 Å². The summed E-state index contributed by atoms with van der Waals surface area (Å²) in [6.45, 7) is 6.48. The van der Waals surface area contributed by atoms with Gasteiger partial charge in [-0.2, -0.15) is 10.2 Å². The van der Waals surface area contributed by atoms with Crippen LogP contribution in [0.15, 0.2) is 69.6 Å². The van der Waals surface area contributed by atoms with Crippen molar-refractivity contribution in [2.75, 3.05) is 0 Å². The summed E-state index contributed by atoms with van der Waals surface area (Å²) in [7, 11) is 0. The van der Waals surface area contributed by atoms with E-state index < -0.39 is 0 Å². The number of pyridine rings is 1. The Morgan fingerprint density at radius 3 is 2.53 bits per heavy atom. The molecular weight excluding hydrogens is 374 g/mol. The Hall–Kier alpha value is -3.41. The third-order valence-corrected chi connectivity index (χ3v) is 5.68. The van der Waals surface area contributed by atoms with E-state index in [0.717, 1.165) is 51.6 Å². The van der Waals surface area contributed by atoms with Gasteiger partial charge in [-0.1, -0.05) is 62.3 Å². The van der Waals surface area contributed by atoms with Crippen molar-refractivity contribution >= 4 is 17.0 Å². The van der Waals surface area contributed by atoms with Crippen molar-refractivity contribution in [3.8, 4) is 11.3 Å². The molecule has 0 bridgehead atoms. The molecule has 2 atom stereocenters. The van der Waals surface area contributed by atoms with Gasteiger partial charge in [-0.25, -0.2) is 4.63 Å². The molecule has 0 saturated carbocycles. The van der Waals surface area contributed by atoms with Gasteiger partial charge in [-0.05, 0) is 34.7 Å². The van der Waals surface area contributed by atoms with E-state index in [2.05, 4.69) is 65.6 Å². The Kier molecular flexibility index (Phi) is 4.62. The fraction of sp³-hybridized carbons (Fsp3) is 0.292. The predicted octanol–water partition coefficient (Wildman–Crippen LogP) is 4.84. The summed E-state index contributed by atoms with van der Waals surface area (Å²) in [6, 6.07) is 14.3. The maximum absolute atomic E-state index is 5.07. The standard InChI is InChI=1S/C24H23N5O/c1-14(2)22-21(18-11-15(3)12-20-24(18)29-30-28-20)23(27-26-22)17-9-10-19(25-13-17)16-7-5-4-6-8-16/h4-11,13-15,21H,12H2,1-3H3. The molecule has 0 saturated heterocycles. The van der Waals surface area contributed by atoms with E-state index in [1.165, 1.54) is 0 Å². The van der Waals surface area contributed by atoms with Gasteiger partial charge in [0, 0.05) is 23.7 Å². The monoisotopic (exact) mass is 397 g/mol. The van der Waals surface area contributed by atoms with E-state index in [-0.39, 0.29) is 11.8 Å². The van der Waals surface area contributed by atoms with Gasteiger partial charge in [0.05, 0.1) is 23.0 Å². The number of hydrogen-bond donors (Lipinski definition) is 0. The highest BCUT2D eigenvalue weighted by Gasteiger charge is 2.38. The number of fused-ring (bicyclic) bond motifs is 1. The fourth-order valence-corrected chi connectivity index (χ4v) is 4.21. The first-order valence-electron chi connectivity index (χ1n) is 10.3. The maximum Gasteiger partial charge on any atom is 0.135 e. The van der Waals surface area contributed by atoms with Gasteiger partial charge in [0.1, 0.15) is 11.4 Å². The summed E-state index contributed by atoms with van der Waals surface area (Å²) < 4.78 is 5.07. The summed E-state index contributed by atoms with van der Waals surface area (Å²) in [5, 5.41) is 17.5. The largest absolute Gasteiger partial charge is 0.256 e. The molecule has 0 radical (unpaired) electrons. The first kappa shape index (κ1) is 18.6. The minimum atomic E-state index is -0.0669. The van der Waals surface area contributed by atoms with Crippen LogP contribution in [0, 0.1) is 17.8 Å². The van der Waals surface area contributed by atoms with E-state index in [0.29, 0.717) is 5.92 Å². The number of hydrogen-bond acceptors (Lipinski definition) is 6. The van der Waals surface area contributed by atoms with Gasteiger partial charge in [0.15, 0.2) is 0 Å². The Morgan fingerprint density at radius 1 is 0.967 bits per heavy atom. The average molecular weight is 397 g/mol. The highest BCUT2D eigenvalue weighted by molar-refractivity contribution is 6.24. The highest BCUT2D eigenvalue weighted by Crippen LogP contribution is 2.38. The minimum Gasteiger partial charge on any atom is -0.256 e. The summed E-state index contributed by atoms with van der Waals surface area (Å²) in [6.07, 6.45) is 4.99. The van der Waals surface area contributed by atoms with Crippen molar-refractivity contribution in [2.45, 2.75) is 27.2 Å². The number of nitrogens with zero attached hydrogens (tertiary/aromatic N) is 5. The predicted molar refractivity (Wildman–Crippen MR) is 117 cm³/mol. The molecule has 1 aromatic carbocycles. The van der Waals surface area contributed by atoms with E-state index in [1.54, 1.807) is 0 Å². The van der Waals surface area contributed by atoms with Gasteiger partial charge in [0.2, 0.25) is 0 Å². The lowest BCUT2D eigenvalue weighted by Crippen LogP contribution is -2.28. The van der Waals surface area contributed by atoms with Crippen molar-refractivity contribution in [1.82, 2.24) is 15.3 Å². The van der Waals surface area contributed by atoms with Crippen LogP contribution in [0.1, 0.15) is 37.7 Å². The molecule has 0 spiro atoms. The van der Waals surface area contributed by atoms with Crippen LogP contribution in [-0.4, -0.2) is 26.7 Å². The van der Waals surface area contributed by atoms with Crippen LogP contribution >= 0.6 is 0 Å². The van der Waals surface area contributed by atoms with Gasteiger partial charge >= 0.3 is 0 Å². The molecule has 1 aliphatic heterocycles. The van der Waals surface area contributed by atoms with Crippen LogP contribution < -0.4 is 0 Å².